The summed E-state index contributed by atoms with van der Waals surface area (Å²) in [4.78, 5) is 0. The fourth-order valence-corrected chi connectivity index (χ4v) is 0. The van der Waals surface area contributed by atoms with E-state index < -0.39 is 0 Å². The minimum Gasteiger partial charge on any atom is -0.120 e. The first-order chi connectivity index (χ1) is 1.41. The van der Waals surface area contributed by atoms with Gasteiger partial charge < -0.3 is 0 Å². The van der Waals surface area contributed by atoms with Crippen molar-refractivity contribution in [1.29, 1.82) is 0 Å². The maximum atomic E-state index is 4.60. The Morgan fingerprint density at radius 2 is 1.75 bits per heavy atom. The Bertz CT molecular complexity index is 24.8. The Balaban J connectivity index is 0. The molecule has 0 spiro atoms. The maximum Gasteiger partial charge on any atom is 0 e. The third kappa shape index (κ3) is 117. The molecule has 0 aromatic heterocycles. The van der Waals surface area contributed by atoms with Gasteiger partial charge in [-0.25, -0.2) is 0 Å². The zero-order valence-electron chi connectivity index (χ0n) is 3.08. The van der Waals surface area contributed by atoms with Crippen LogP contribution in [0.5, 0.6) is 0 Å². The molecule has 4 heavy (non-hydrogen) atoms. The van der Waals surface area contributed by atoms with E-state index in [0.29, 0.717) is 0 Å². The van der Waals surface area contributed by atoms with Gasteiger partial charge in [0.1, 0.15) is 0 Å². The molecular formula is C3H4Li. The van der Waals surface area contributed by atoms with Crippen LogP contribution in [0.2, 0.25) is 0 Å². The van der Waals surface area contributed by atoms with Crippen molar-refractivity contribution >= 4 is 18.9 Å². The van der Waals surface area contributed by atoms with Crippen LogP contribution in [0.4, 0.5) is 0 Å². The summed E-state index contributed by atoms with van der Waals surface area (Å²) in [6.07, 6.45) is 4.60. The van der Waals surface area contributed by atoms with Crippen molar-refractivity contribution in [3.8, 4) is 12.3 Å². The average Bonchev–Trinajstić information content (AvgIpc) is 0.918. The van der Waals surface area contributed by atoms with Crippen molar-refractivity contribution in [3.63, 3.8) is 0 Å². The second kappa shape index (κ2) is 11.0. The van der Waals surface area contributed by atoms with Gasteiger partial charge in [0, 0.05) is 18.9 Å². The van der Waals surface area contributed by atoms with E-state index in [1.165, 1.54) is 0 Å². The SMILES string of the molecule is C#CC.[Li]. The van der Waals surface area contributed by atoms with Gasteiger partial charge in [-0.15, -0.1) is 12.3 Å². The number of hydrogen-bond donors (Lipinski definition) is 0. The predicted octanol–water partition coefficient (Wildman–Crippen LogP) is 0.259. The van der Waals surface area contributed by atoms with E-state index in [9.17, 15) is 0 Å². The molecule has 0 aliphatic carbocycles. The average molecular weight is 47.0 g/mol. The Morgan fingerprint density at radius 3 is 1.75 bits per heavy atom. The van der Waals surface area contributed by atoms with Gasteiger partial charge in [-0.05, 0) is 6.92 Å². The molecular weight excluding hydrogens is 43.0 g/mol. The second-order valence-corrected chi connectivity index (χ2v) is 0.289. The monoisotopic (exact) mass is 47.0 g/mol. The van der Waals surface area contributed by atoms with Crippen LogP contribution in [0, 0.1) is 12.3 Å². The van der Waals surface area contributed by atoms with E-state index in [2.05, 4.69) is 12.3 Å². The third-order valence-electron chi connectivity index (χ3n) is 0. The first-order valence-corrected chi connectivity index (χ1v) is 0.789. The summed E-state index contributed by atoms with van der Waals surface area (Å²) < 4.78 is 0. The number of terminal acetylenes is 1. The van der Waals surface area contributed by atoms with Crippen LogP contribution < -0.4 is 0 Å². The summed E-state index contributed by atoms with van der Waals surface area (Å²) in [5.41, 5.74) is 0. The van der Waals surface area contributed by atoms with Crippen molar-refractivity contribution in [2.24, 2.45) is 0 Å². The molecule has 1 radical (unpaired) electrons. The van der Waals surface area contributed by atoms with E-state index in [-0.39, 0.29) is 18.9 Å². The van der Waals surface area contributed by atoms with Crippen LogP contribution in [-0.2, 0) is 0 Å². The first kappa shape index (κ1) is 8.90. The van der Waals surface area contributed by atoms with Crippen LogP contribution in [0.3, 0.4) is 0 Å². The minimum absolute atomic E-state index is 0. The van der Waals surface area contributed by atoms with E-state index in [1.807, 2.05) is 0 Å². The molecule has 0 nitrogen and oxygen atoms in total. The normalized spacial score (nSPS) is 2.00. The third-order valence-corrected chi connectivity index (χ3v) is 0. The smallest absolute Gasteiger partial charge is 0 e. The molecule has 0 aliphatic heterocycles. The molecule has 0 saturated heterocycles. The van der Waals surface area contributed by atoms with Gasteiger partial charge in [-0.1, -0.05) is 0 Å². The summed E-state index contributed by atoms with van der Waals surface area (Å²) >= 11 is 0. The molecule has 0 atom stereocenters. The first-order valence-electron chi connectivity index (χ1n) is 0.789. The molecule has 0 saturated carbocycles. The van der Waals surface area contributed by atoms with Crippen molar-refractivity contribution in [2.45, 2.75) is 6.92 Å². The van der Waals surface area contributed by atoms with Crippen LogP contribution in [0.25, 0.3) is 0 Å². The number of rotatable bonds is 0. The van der Waals surface area contributed by atoms with Crippen LogP contribution in [-0.4, -0.2) is 18.9 Å². The van der Waals surface area contributed by atoms with Crippen LogP contribution in [0.15, 0.2) is 0 Å². The topological polar surface area (TPSA) is 0 Å². The molecule has 0 amide bonds. The Hall–Kier alpha value is 0.157. The fraction of sp³-hybridized carbons (Fsp3) is 0.333. The van der Waals surface area contributed by atoms with E-state index >= 15 is 0 Å². The summed E-state index contributed by atoms with van der Waals surface area (Å²) in [5.74, 6) is 2.25. The molecule has 0 bridgehead atoms. The Labute approximate surface area is 38.8 Å². The molecule has 0 rings (SSSR count). The second-order valence-electron chi connectivity index (χ2n) is 0.289. The van der Waals surface area contributed by atoms with Crippen molar-refractivity contribution in [3.05, 3.63) is 0 Å². The molecule has 0 heterocycles. The van der Waals surface area contributed by atoms with Gasteiger partial charge in [0.05, 0.1) is 0 Å². The summed E-state index contributed by atoms with van der Waals surface area (Å²) in [6, 6.07) is 0. The van der Waals surface area contributed by atoms with Gasteiger partial charge in [-0.2, -0.15) is 0 Å². The van der Waals surface area contributed by atoms with Crippen molar-refractivity contribution < 1.29 is 0 Å². The minimum atomic E-state index is 0. The van der Waals surface area contributed by atoms with Crippen molar-refractivity contribution in [1.82, 2.24) is 0 Å². The Kier molecular flexibility index (Phi) is 24.4. The molecule has 0 aromatic rings. The van der Waals surface area contributed by atoms with Gasteiger partial charge in [0.2, 0.25) is 0 Å². The van der Waals surface area contributed by atoms with Gasteiger partial charge in [0.15, 0.2) is 0 Å². The molecule has 0 unspecified atom stereocenters. The zero-order chi connectivity index (χ0) is 2.71. The Morgan fingerprint density at radius 1 is 1.75 bits per heavy atom. The maximum absolute atomic E-state index is 4.60. The van der Waals surface area contributed by atoms with E-state index in [4.69, 9.17) is 0 Å². The molecule has 0 N–H and O–H groups in total. The quantitative estimate of drug-likeness (QED) is 0.271. The summed E-state index contributed by atoms with van der Waals surface area (Å²) in [6.45, 7) is 1.65. The number of hydrogen-bond acceptors (Lipinski definition) is 0. The van der Waals surface area contributed by atoms with E-state index in [0.717, 1.165) is 0 Å². The molecule has 17 valence electrons. The van der Waals surface area contributed by atoms with Gasteiger partial charge in [-0.3, -0.25) is 0 Å². The molecule has 0 fully saturated rings. The molecule has 1 heteroatoms. The summed E-state index contributed by atoms with van der Waals surface area (Å²) in [5, 5.41) is 0. The van der Waals surface area contributed by atoms with Crippen molar-refractivity contribution in [2.75, 3.05) is 0 Å². The molecule has 0 aromatic carbocycles. The zero-order valence-corrected chi connectivity index (χ0v) is 3.08. The standard InChI is InChI=1S/C3H4.Li/c1-3-2;/h1H,2H3;. The van der Waals surface area contributed by atoms with Crippen LogP contribution in [0.1, 0.15) is 6.92 Å². The van der Waals surface area contributed by atoms with E-state index in [1.54, 1.807) is 6.92 Å². The predicted molar refractivity (Wildman–Crippen MR) is 20.3 cm³/mol. The van der Waals surface area contributed by atoms with Gasteiger partial charge >= 0.3 is 0 Å². The fourth-order valence-electron chi connectivity index (χ4n) is 0. The van der Waals surface area contributed by atoms with Crippen LogP contribution >= 0.6 is 0 Å². The van der Waals surface area contributed by atoms with Gasteiger partial charge in [0.25, 0.3) is 0 Å². The largest absolute Gasteiger partial charge is 0.120 e. The molecule has 0 aliphatic rings. The summed E-state index contributed by atoms with van der Waals surface area (Å²) in [7, 11) is 0.